The van der Waals surface area contributed by atoms with Gasteiger partial charge in [0.1, 0.15) is 0 Å². The molecule has 0 amide bonds. The monoisotopic (exact) mass is 202 g/mol. The molecular weight excluding hydrogens is 184 g/mol. The van der Waals surface area contributed by atoms with Gasteiger partial charge in [-0.25, -0.2) is 0 Å². The number of ether oxygens (including phenoxy) is 4. The first-order valence-electron chi connectivity index (χ1n) is 4.45. The standard InChI is InChI=1S/C10H18O4/c1-11-8-9-14-7-5-4-6-10(12-2)13-3/h10H,5,7-9H2,1-3H3. The van der Waals surface area contributed by atoms with E-state index in [9.17, 15) is 0 Å². The third kappa shape index (κ3) is 8.02. The van der Waals surface area contributed by atoms with Crippen LogP contribution in [0, 0.1) is 11.8 Å². The van der Waals surface area contributed by atoms with Crippen LogP contribution in [-0.4, -0.2) is 47.4 Å². The summed E-state index contributed by atoms with van der Waals surface area (Å²) in [7, 11) is 4.75. The van der Waals surface area contributed by atoms with E-state index in [4.69, 9.17) is 18.9 Å². The molecule has 0 heterocycles. The largest absolute Gasteiger partial charge is 0.382 e. The zero-order chi connectivity index (χ0) is 10.6. The van der Waals surface area contributed by atoms with Crippen LogP contribution in [0.1, 0.15) is 6.42 Å². The van der Waals surface area contributed by atoms with Crippen LogP contribution in [0.2, 0.25) is 0 Å². The molecule has 82 valence electrons. The van der Waals surface area contributed by atoms with Gasteiger partial charge < -0.3 is 18.9 Å². The smallest absolute Gasteiger partial charge is 0.221 e. The molecule has 0 rings (SSSR count). The molecule has 0 bridgehead atoms. The zero-order valence-electron chi connectivity index (χ0n) is 9.04. The Morgan fingerprint density at radius 3 is 2.29 bits per heavy atom. The van der Waals surface area contributed by atoms with Gasteiger partial charge in [-0.2, -0.15) is 0 Å². The molecule has 0 aromatic rings. The van der Waals surface area contributed by atoms with Crippen LogP contribution in [0.15, 0.2) is 0 Å². The Kier molecular flexibility index (Phi) is 10.0. The summed E-state index contributed by atoms with van der Waals surface area (Å²) in [4.78, 5) is 0. The summed E-state index contributed by atoms with van der Waals surface area (Å²) >= 11 is 0. The highest BCUT2D eigenvalue weighted by Crippen LogP contribution is 1.88. The molecule has 0 atom stereocenters. The summed E-state index contributed by atoms with van der Waals surface area (Å²) in [5.74, 6) is 5.70. The number of hydrogen-bond acceptors (Lipinski definition) is 4. The van der Waals surface area contributed by atoms with Gasteiger partial charge in [-0.3, -0.25) is 0 Å². The van der Waals surface area contributed by atoms with E-state index in [1.54, 1.807) is 21.3 Å². The highest BCUT2D eigenvalue weighted by molar-refractivity contribution is 5.01. The van der Waals surface area contributed by atoms with Crippen LogP contribution in [-0.2, 0) is 18.9 Å². The molecular formula is C10H18O4. The Labute approximate surface area is 85.5 Å². The maximum absolute atomic E-state index is 5.21. The van der Waals surface area contributed by atoms with Crippen molar-refractivity contribution >= 4 is 0 Å². The lowest BCUT2D eigenvalue weighted by Crippen LogP contribution is -2.09. The minimum atomic E-state index is -0.436. The highest BCUT2D eigenvalue weighted by Gasteiger charge is 1.95. The fourth-order valence-electron chi connectivity index (χ4n) is 0.737. The topological polar surface area (TPSA) is 36.9 Å². The van der Waals surface area contributed by atoms with E-state index >= 15 is 0 Å². The van der Waals surface area contributed by atoms with Gasteiger partial charge in [-0.15, -0.1) is 0 Å². The second-order valence-electron chi connectivity index (χ2n) is 2.48. The zero-order valence-corrected chi connectivity index (χ0v) is 9.04. The van der Waals surface area contributed by atoms with E-state index in [0.717, 1.165) is 0 Å². The quantitative estimate of drug-likeness (QED) is 0.345. The average molecular weight is 202 g/mol. The Balaban J connectivity index is 3.32. The minimum absolute atomic E-state index is 0.436. The van der Waals surface area contributed by atoms with Gasteiger partial charge in [0.05, 0.1) is 19.8 Å². The Morgan fingerprint density at radius 2 is 1.71 bits per heavy atom. The molecule has 4 heteroatoms. The summed E-state index contributed by atoms with van der Waals surface area (Å²) in [5, 5.41) is 0. The van der Waals surface area contributed by atoms with E-state index in [0.29, 0.717) is 26.2 Å². The first-order valence-corrected chi connectivity index (χ1v) is 4.45. The molecule has 0 fully saturated rings. The molecule has 0 aliphatic rings. The van der Waals surface area contributed by atoms with Crippen LogP contribution in [0.3, 0.4) is 0 Å². The van der Waals surface area contributed by atoms with E-state index < -0.39 is 6.29 Å². The lowest BCUT2D eigenvalue weighted by atomic mass is 10.4. The van der Waals surface area contributed by atoms with Crippen LogP contribution in [0.5, 0.6) is 0 Å². The van der Waals surface area contributed by atoms with Gasteiger partial charge in [-0.05, 0) is 5.92 Å². The van der Waals surface area contributed by atoms with Crippen LogP contribution >= 0.6 is 0 Å². The van der Waals surface area contributed by atoms with Gasteiger partial charge in [0.15, 0.2) is 0 Å². The van der Waals surface area contributed by atoms with E-state index in [2.05, 4.69) is 11.8 Å². The molecule has 4 nitrogen and oxygen atoms in total. The molecule has 0 N–H and O–H groups in total. The normalized spacial score (nSPS) is 10.0. The Morgan fingerprint density at radius 1 is 1.00 bits per heavy atom. The number of methoxy groups -OCH3 is 3. The van der Waals surface area contributed by atoms with Gasteiger partial charge in [0.25, 0.3) is 0 Å². The van der Waals surface area contributed by atoms with Crippen molar-refractivity contribution in [3.05, 3.63) is 0 Å². The van der Waals surface area contributed by atoms with E-state index in [1.165, 1.54) is 0 Å². The van der Waals surface area contributed by atoms with Crippen LogP contribution in [0.4, 0.5) is 0 Å². The van der Waals surface area contributed by atoms with Crippen molar-refractivity contribution < 1.29 is 18.9 Å². The van der Waals surface area contributed by atoms with Crippen molar-refractivity contribution in [2.24, 2.45) is 0 Å². The van der Waals surface area contributed by atoms with E-state index in [1.807, 2.05) is 0 Å². The van der Waals surface area contributed by atoms with Gasteiger partial charge in [0.2, 0.25) is 6.29 Å². The van der Waals surface area contributed by atoms with Crippen molar-refractivity contribution in [3.63, 3.8) is 0 Å². The SMILES string of the molecule is COCCOCCC#CC(OC)OC. The fraction of sp³-hybridized carbons (Fsp3) is 0.800. The summed E-state index contributed by atoms with van der Waals surface area (Å²) in [6.07, 6.45) is 0.237. The van der Waals surface area contributed by atoms with Crippen molar-refractivity contribution in [1.29, 1.82) is 0 Å². The van der Waals surface area contributed by atoms with Crippen molar-refractivity contribution in [1.82, 2.24) is 0 Å². The Bertz CT molecular complexity index is 167. The Hall–Kier alpha value is -0.600. The van der Waals surface area contributed by atoms with Gasteiger partial charge >= 0.3 is 0 Å². The maximum Gasteiger partial charge on any atom is 0.221 e. The van der Waals surface area contributed by atoms with Crippen molar-refractivity contribution in [2.45, 2.75) is 12.7 Å². The predicted octanol–water partition coefficient (Wildman–Crippen LogP) is 0.662. The molecule has 0 spiro atoms. The van der Waals surface area contributed by atoms with Gasteiger partial charge in [-0.1, -0.05) is 5.92 Å². The molecule has 0 aromatic heterocycles. The molecule has 0 aliphatic carbocycles. The second-order valence-corrected chi connectivity index (χ2v) is 2.48. The minimum Gasteiger partial charge on any atom is -0.382 e. The lowest BCUT2D eigenvalue weighted by Gasteiger charge is -2.04. The molecule has 0 saturated heterocycles. The summed E-state index contributed by atoms with van der Waals surface area (Å²) < 4.78 is 19.8. The molecule has 0 aromatic carbocycles. The summed E-state index contributed by atoms with van der Waals surface area (Å²) in [6.45, 7) is 1.83. The third-order valence-electron chi connectivity index (χ3n) is 1.45. The van der Waals surface area contributed by atoms with Crippen molar-refractivity contribution in [3.8, 4) is 11.8 Å². The van der Waals surface area contributed by atoms with E-state index in [-0.39, 0.29) is 0 Å². The van der Waals surface area contributed by atoms with Crippen molar-refractivity contribution in [2.75, 3.05) is 41.2 Å². The molecule has 14 heavy (non-hydrogen) atoms. The van der Waals surface area contributed by atoms with Gasteiger partial charge in [0, 0.05) is 27.8 Å². The first-order chi connectivity index (χ1) is 6.85. The summed E-state index contributed by atoms with van der Waals surface area (Å²) in [6, 6.07) is 0. The predicted molar refractivity (Wildman–Crippen MR) is 52.9 cm³/mol. The molecule has 0 saturated carbocycles. The average Bonchev–Trinajstić information content (AvgIpc) is 2.22. The number of hydrogen-bond donors (Lipinski definition) is 0. The molecule has 0 unspecified atom stereocenters. The molecule has 0 aliphatic heterocycles. The van der Waals surface area contributed by atoms with Crippen LogP contribution in [0.25, 0.3) is 0 Å². The highest BCUT2D eigenvalue weighted by atomic mass is 16.7. The van der Waals surface area contributed by atoms with Crippen LogP contribution < -0.4 is 0 Å². The fourth-order valence-corrected chi connectivity index (χ4v) is 0.737. The number of rotatable bonds is 7. The lowest BCUT2D eigenvalue weighted by molar-refractivity contribution is -0.0596. The second kappa shape index (κ2) is 10.5. The first kappa shape index (κ1) is 13.4. The summed E-state index contributed by atoms with van der Waals surface area (Å²) in [5.41, 5.74) is 0. The third-order valence-corrected chi connectivity index (χ3v) is 1.45. The molecule has 0 radical (unpaired) electrons. The maximum atomic E-state index is 5.21.